The number of alkyl carbamates (subject to hydrolysis) is 1. The minimum absolute atomic E-state index is 0.0461. The van der Waals surface area contributed by atoms with Crippen LogP contribution in [0.25, 0.3) is 0 Å². The predicted octanol–water partition coefficient (Wildman–Crippen LogP) is 4.22. The lowest BCUT2D eigenvalue weighted by Gasteiger charge is -2.48. The summed E-state index contributed by atoms with van der Waals surface area (Å²) in [7, 11) is -1.80. The highest BCUT2D eigenvalue weighted by Gasteiger charge is 2.52. The van der Waals surface area contributed by atoms with Crippen LogP contribution < -0.4 is 10.2 Å². The van der Waals surface area contributed by atoms with Crippen LogP contribution in [0.2, 0.25) is 0 Å². The van der Waals surface area contributed by atoms with Crippen molar-refractivity contribution in [1.29, 1.82) is 5.26 Å². The highest BCUT2D eigenvalue weighted by atomic mass is 32.2. The number of sulfone groups is 1. The maximum absolute atomic E-state index is 12.1. The zero-order chi connectivity index (χ0) is 28.3. The fraction of sp³-hybridized carbons (Fsp3) is 0.548. The van der Waals surface area contributed by atoms with Gasteiger partial charge in [0.1, 0.15) is 0 Å². The molecule has 0 radical (unpaired) electrons. The summed E-state index contributed by atoms with van der Waals surface area (Å²) in [6, 6.07) is 20.1. The molecule has 3 atom stereocenters. The van der Waals surface area contributed by atoms with Crippen molar-refractivity contribution in [3.8, 4) is 6.07 Å². The highest BCUT2D eigenvalue weighted by Crippen LogP contribution is 2.50. The monoisotopic (exact) mass is 564 g/mol. The number of amides is 1. The fourth-order valence-corrected chi connectivity index (χ4v) is 7.96. The Morgan fingerprint density at radius 3 is 2.33 bits per heavy atom. The van der Waals surface area contributed by atoms with Gasteiger partial charge in [0.25, 0.3) is 0 Å². The summed E-state index contributed by atoms with van der Waals surface area (Å²) < 4.78 is 28.4. The molecule has 1 saturated carbocycles. The number of nitrogens with one attached hydrogen (secondary N) is 1. The normalized spacial score (nSPS) is 24.1. The Morgan fingerprint density at radius 2 is 1.73 bits per heavy atom. The van der Waals surface area contributed by atoms with Crippen LogP contribution in [0.5, 0.6) is 0 Å². The largest absolute Gasteiger partial charge is 0.453 e. The van der Waals surface area contributed by atoms with Crippen molar-refractivity contribution in [2.45, 2.75) is 48.5 Å². The minimum atomic E-state index is -3.18. The van der Waals surface area contributed by atoms with Crippen molar-refractivity contribution in [1.82, 2.24) is 10.2 Å². The topological polar surface area (TPSA) is 103 Å². The molecule has 3 aliphatic rings. The molecule has 9 heteroatoms. The number of ether oxygens (including phenoxy) is 1. The molecule has 1 N–H and O–H groups in total. The summed E-state index contributed by atoms with van der Waals surface area (Å²) in [4.78, 5) is 17.3. The lowest BCUT2D eigenvalue weighted by molar-refractivity contribution is 0.0939. The van der Waals surface area contributed by atoms with Crippen molar-refractivity contribution in [3.63, 3.8) is 0 Å². The Labute approximate surface area is 238 Å². The molecular weight excluding hydrogens is 524 g/mol. The molecule has 2 aromatic rings. The number of hydrogen-bond donors (Lipinski definition) is 1. The van der Waals surface area contributed by atoms with Crippen LogP contribution >= 0.6 is 0 Å². The maximum Gasteiger partial charge on any atom is 0.407 e. The maximum atomic E-state index is 12.1. The summed E-state index contributed by atoms with van der Waals surface area (Å²) in [6.45, 7) is 4.89. The number of carbonyl (C=O) groups excluding carboxylic acids is 1. The van der Waals surface area contributed by atoms with Crippen molar-refractivity contribution in [3.05, 3.63) is 60.2 Å². The van der Waals surface area contributed by atoms with Crippen LogP contribution in [0.4, 0.5) is 10.5 Å². The van der Waals surface area contributed by atoms with Gasteiger partial charge in [-0.25, -0.2) is 13.2 Å². The highest BCUT2D eigenvalue weighted by molar-refractivity contribution is 7.90. The second kappa shape index (κ2) is 11.8. The number of carbonyl (C=O) groups is 1. The predicted molar refractivity (Wildman–Crippen MR) is 155 cm³/mol. The van der Waals surface area contributed by atoms with Gasteiger partial charge in [0.2, 0.25) is 0 Å². The molecule has 2 aromatic carbocycles. The Bertz CT molecular complexity index is 1310. The second-order valence-electron chi connectivity index (χ2n) is 11.7. The molecule has 1 unspecified atom stereocenters. The molecule has 0 spiro atoms. The van der Waals surface area contributed by atoms with Gasteiger partial charge in [0.15, 0.2) is 9.84 Å². The number of benzene rings is 2. The number of anilines is 1. The second-order valence-corrected chi connectivity index (χ2v) is 13.8. The van der Waals surface area contributed by atoms with Gasteiger partial charge in [-0.15, -0.1) is 0 Å². The number of rotatable bonds is 8. The number of nitriles is 1. The third-order valence-corrected chi connectivity index (χ3v) is 10.5. The van der Waals surface area contributed by atoms with E-state index in [2.05, 4.69) is 33.3 Å². The first kappa shape index (κ1) is 28.4. The van der Waals surface area contributed by atoms with Crippen LogP contribution in [0.1, 0.15) is 37.7 Å². The molecular formula is C31H40N4O4S. The zero-order valence-electron chi connectivity index (χ0n) is 23.5. The zero-order valence-corrected chi connectivity index (χ0v) is 24.3. The molecule has 2 aliphatic heterocycles. The lowest BCUT2D eigenvalue weighted by atomic mass is 9.59. The van der Waals surface area contributed by atoms with Gasteiger partial charge in [-0.05, 0) is 74.5 Å². The molecule has 8 nitrogen and oxygen atoms in total. The van der Waals surface area contributed by atoms with E-state index in [4.69, 9.17) is 4.74 Å². The summed E-state index contributed by atoms with van der Waals surface area (Å²) in [5, 5.41) is 13.9. The van der Waals surface area contributed by atoms with Crippen LogP contribution in [-0.2, 0) is 20.0 Å². The quantitative estimate of drug-likeness (QED) is 0.512. The van der Waals surface area contributed by atoms with Gasteiger partial charge in [-0.2, -0.15) is 5.26 Å². The summed E-state index contributed by atoms with van der Waals surface area (Å²) in [6.07, 6.45) is 5.48. The van der Waals surface area contributed by atoms with Gasteiger partial charge >= 0.3 is 6.09 Å². The molecule has 0 bridgehead atoms. The van der Waals surface area contributed by atoms with Gasteiger partial charge in [-0.3, -0.25) is 0 Å². The molecule has 1 aliphatic carbocycles. The summed E-state index contributed by atoms with van der Waals surface area (Å²) >= 11 is 0. The average molecular weight is 565 g/mol. The van der Waals surface area contributed by atoms with E-state index in [1.54, 1.807) is 12.1 Å². The van der Waals surface area contributed by atoms with Crippen LogP contribution in [0, 0.1) is 29.1 Å². The Kier molecular flexibility index (Phi) is 8.39. The molecule has 2 saturated heterocycles. The van der Waals surface area contributed by atoms with E-state index in [-0.39, 0.29) is 17.9 Å². The van der Waals surface area contributed by atoms with Gasteiger partial charge in [0, 0.05) is 49.5 Å². The molecule has 3 fully saturated rings. The molecule has 0 aromatic heterocycles. The van der Waals surface area contributed by atoms with Crippen molar-refractivity contribution >= 4 is 21.6 Å². The third kappa shape index (κ3) is 5.70. The Hall–Kier alpha value is -3.09. The van der Waals surface area contributed by atoms with Crippen LogP contribution in [0.3, 0.4) is 0 Å². The van der Waals surface area contributed by atoms with E-state index >= 15 is 0 Å². The minimum Gasteiger partial charge on any atom is -0.453 e. The smallest absolute Gasteiger partial charge is 0.407 e. The van der Waals surface area contributed by atoms with E-state index in [1.165, 1.54) is 13.4 Å². The third-order valence-electron chi connectivity index (χ3n) is 9.36. The molecule has 5 rings (SSSR count). The van der Waals surface area contributed by atoms with Crippen LogP contribution in [0.15, 0.2) is 59.5 Å². The number of likely N-dealkylation sites (tertiary alicyclic amines) is 1. The molecule has 40 heavy (non-hydrogen) atoms. The van der Waals surface area contributed by atoms with Gasteiger partial charge in [0.05, 0.1) is 23.5 Å². The van der Waals surface area contributed by atoms with Crippen molar-refractivity contribution < 1.29 is 17.9 Å². The van der Waals surface area contributed by atoms with E-state index in [0.717, 1.165) is 76.1 Å². The first-order chi connectivity index (χ1) is 19.2. The number of methoxy groups -OCH3 is 1. The molecule has 214 valence electrons. The Morgan fingerprint density at radius 1 is 1.05 bits per heavy atom. The number of hydrogen-bond acceptors (Lipinski definition) is 7. The van der Waals surface area contributed by atoms with E-state index in [0.29, 0.717) is 10.8 Å². The van der Waals surface area contributed by atoms with E-state index in [9.17, 15) is 18.5 Å². The first-order valence-electron chi connectivity index (χ1n) is 14.3. The van der Waals surface area contributed by atoms with Crippen molar-refractivity contribution in [2.24, 2.45) is 17.8 Å². The molecule has 1 amide bonds. The van der Waals surface area contributed by atoms with Gasteiger partial charge < -0.3 is 19.9 Å². The van der Waals surface area contributed by atoms with Crippen molar-refractivity contribution in [2.75, 3.05) is 51.0 Å². The summed E-state index contributed by atoms with van der Waals surface area (Å²) in [5.41, 5.74) is 1.48. The number of piperidine rings is 1. The fourth-order valence-electron chi connectivity index (χ4n) is 7.33. The molecule has 2 heterocycles. The number of nitrogens with zero attached hydrogens (tertiary/aromatic N) is 3. The van der Waals surface area contributed by atoms with E-state index in [1.807, 2.05) is 30.3 Å². The summed E-state index contributed by atoms with van der Waals surface area (Å²) in [5.74, 6) is 0.835. The lowest BCUT2D eigenvalue weighted by Crippen LogP contribution is -2.55. The van der Waals surface area contributed by atoms with E-state index < -0.39 is 21.3 Å². The van der Waals surface area contributed by atoms with Crippen LogP contribution in [-0.4, -0.2) is 71.5 Å². The standard InChI is InChI=1S/C31H40N4O4S/c1-39-30(36)33-29-10-6-9-28(29)31(22-32,24-7-4-3-5-8-24)25-15-17-34(18-16-25)19-23-20-35(21-23)26-11-13-27(14-12-26)40(2,37)38/h3-5,7-8,11-14,23,25,28-29H,6,9-10,15-21H2,1-2H3,(H,33,36)/t28-,29-,31?/m0/s1. The first-order valence-corrected chi connectivity index (χ1v) is 16.2. The average Bonchev–Trinajstić information content (AvgIpc) is 3.40. The van der Waals surface area contributed by atoms with Gasteiger partial charge in [-0.1, -0.05) is 36.8 Å². The SMILES string of the molecule is COC(=O)N[C@H]1CCC[C@@H]1C(C#N)(c1ccccc1)C1CCN(CC2CN(c3ccc(S(C)(=O)=O)cc3)C2)CC1. The Balaban J connectivity index is 1.22.